The first-order valence-electron chi connectivity index (χ1n) is 10.3. The van der Waals surface area contributed by atoms with E-state index in [1.165, 1.54) is 22.7 Å². The third-order valence-corrected chi connectivity index (χ3v) is 7.45. The number of hydrogen-bond donors (Lipinski definition) is 3. The van der Waals surface area contributed by atoms with E-state index in [-0.39, 0.29) is 12.5 Å². The van der Waals surface area contributed by atoms with Crippen molar-refractivity contribution in [2.45, 2.75) is 13.8 Å². The van der Waals surface area contributed by atoms with Gasteiger partial charge in [0, 0.05) is 50.2 Å². The van der Waals surface area contributed by atoms with Crippen LogP contribution in [0.15, 0.2) is 23.7 Å². The molecule has 3 N–H and O–H groups in total. The van der Waals surface area contributed by atoms with Crippen LogP contribution in [0.4, 0.5) is 22.3 Å². The van der Waals surface area contributed by atoms with Crippen molar-refractivity contribution >= 4 is 62.5 Å². The van der Waals surface area contributed by atoms with Gasteiger partial charge in [0.05, 0.1) is 18.5 Å². The molecule has 170 valence electrons. The number of halogens is 1. The molecule has 1 aliphatic heterocycles. The van der Waals surface area contributed by atoms with Gasteiger partial charge in [-0.05, 0) is 30.9 Å². The molecule has 0 radical (unpaired) electrons. The lowest BCUT2D eigenvalue weighted by Gasteiger charge is -2.35. The quantitative estimate of drug-likeness (QED) is 0.459. The molecule has 1 amide bonds. The highest BCUT2D eigenvalue weighted by atomic mass is 35.5. The highest BCUT2D eigenvalue weighted by Crippen LogP contribution is 2.33. The Hall–Kier alpha value is -2.24. The molecule has 0 atom stereocenters. The van der Waals surface area contributed by atoms with Gasteiger partial charge < -0.3 is 20.6 Å². The Kier molecular flexibility index (Phi) is 7.27. The van der Waals surface area contributed by atoms with Gasteiger partial charge in [-0.1, -0.05) is 22.9 Å². The number of nitrogens with zero attached hydrogens (tertiary/aromatic N) is 4. The smallest absolute Gasteiger partial charge is 0.267 e. The second kappa shape index (κ2) is 10.1. The van der Waals surface area contributed by atoms with Crippen LogP contribution in [0.5, 0.6) is 0 Å². The fourth-order valence-electron chi connectivity index (χ4n) is 3.52. The van der Waals surface area contributed by atoms with Crippen LogP contribution in [0.3, 0.4) is 0 Å². The second-order valence-corrected chi connectivity index (χ2v) is 10.1. The maximum atomic E-state index is 12.6. The van der Waals surface area contributed by atoms with Crippen molar-refractivity contribution in [3.63, 3.8) is 0 Å². The molecule has 11 heteroatoms. The van der Waals surface area contributed by atoms with Crippen LogP contribution < -0.4 is 15.5 Å². The minimum absolute atomic E-state index is 0.185. The fraction of sp³-hybridized carbons (Fsp3) is 0.381. The zero-order chi connectivity index (χ0) is 22.7. The van der Waals surface area contributed by atoms with Gasteiger partial charge in [0.25, 0.3) is 5.91 Å². The molecule has 8 nitrogen and oxygen atoms in total. The molecule has 0 saturated carbocycles. The van der Waals surface area contributed by atoms with E-state index in [0.29, 0.717) is 26.6 Å². The number of anilines is 4. The number of thiazole rings is 1. The topological polar surface area (TPSA) is 93.6 Å². The molecule has 1 fully saturated rings. The molecule has 3 aromatic rings. The lowest BCUT2D eigenvalue weighted by molar-refractivity contribution is 0.103. The molecule has 0 unspecified atom stereocenters. The summed E-state index contributed by atoms with van der Waals surface area (Å²) in [6, 6.07) is 3.96. The Morgan fingerprint density at radius 3 is 2.72 bits per heavy atom. The van der Waals surface area contributed by atoms with E-state index in [2.05, 4.69) is 30.4 Å². The third-order valence-electron chi connectivity index (χ3n) is 5.20. The average Bonchev–Trinajstić information content (AvgIpc) is 3.36. The summed E-state index contributed by atoms with van der Waals surface area (Å²) in [7, 11) is 0. The van der Waals surface area contributed by atoms with E-state index in [4.69, 9.17) is 16.7 Å². The van der Waals surface area contributed by atoms with Gasteiger partial charge in [0.1, 0.15) is 15.0 Å². The van der Waals surface area contributed by atoms with Crippen LogP contribution >= 0.6 is 34.3 Å². The van der Waals surface area contributed by atoms with Crippen molar-refractivity contribution in [1.82, 2.24) is 14.9 Å². The molecule has 0 aliphatic carbocycles. The van der Waals surface area contributed by atoms with Crippen molar-refractivity contribution < 1.29 is 9.90 Å². The summed E-state index contributed by atoms with van der Waals surface area (Å²) in [5, 5.41) is 17.8. The number of aromatic nitrogens is 2. The summed E-state index contributed by atoms with van der Waals surface area (Å²) in [6.45, 7) is 8.29. The van der Waals surface area contributed by atoms with Crippen LogP contribution in [0, 0.1) is 13.8 Å². The zero-order valence-electron chi connectivity index (χ0n) is 17.9. The van der Waals surface area contributed by atoms with E-state index in [1.807, 2.05) is 31.4 Å². The summed E-state index contributed by atoms with van der Waals surface area (Å²) in [5.74, 6) is 0.680. The summed E-state index contributed by atoms with van der Waals surface area (Å²) >= 11 is 8.84. The van der Waals surface area contributed by atoms with Crippen LogP contribution in [0.2, 0.25) is 4.34 Å². The largest absolute Gasteiger partial charge is 0.395 e. The molecular formula is C21H25ClN6O2S2. The number of aliphatic hydroxyl groups is 1. The lowest BCUT2D eigenvalue weighted by Crippen LogP contribution is -2.47. The molecule has 1 aliphatic rings. The van der Waals surface area contributed by atoms with E-state index in [0.717, 1.165) is 48.9 Å². The molecule has 0 spiro atoms. The Bertz CT molecular complexity index is 1070. The van der Waals surface area contributed by atoms with Crippen molar-refractivity contribution in [2.75, 3.05) is 54.9 Å². The van der Waals surface area contributed by atoms with Crippen molar-refractivity contribution in [3.8, 4) is 0 Å². The molecule has 0 aromatic carbocycles. The Morgan fingerprint density at radius 1 is 1.25 bits per heavy atom. The van der Waals surface area contributed by atoms with Crippen LogP contribution in [0.1, 0.15) is 20.9 Å². The Balaban J connectivity index is 1.42. The van der Waals surface area contributed by atoms with Crippen LogP contribution in [-0.4, -0.2) is 65.2 Å². The number of β-amino-alcohol motifs (C(OH)–C–C–N with tert-alkyl or cyclic N) is 1. The van der Waals surface area contributed by atoms with Gasteiger partial charge in [-0.15, -0.1) is 11.3 Å². The van der Waals surface area contributed by atoms with Gasteiger partial charge in [-0.25, -0.2) is 9.97 Å². The first-order valence-corrected chi connectivity index (χ1v) is 12.3. The normalized spacial score (nSPS) is 14.6. The fourth-order valence-corrected chi connectivity index (χ4v) is 5.31. The van der Waals surface area contributed by atoms with Gasteiger partial charge in [-0.3, -0.25) is 9.69 Å². The zero-order valence-corrected chi connectivity index (χ0v) is 20.3. The molecule has 32 heavy (non-hydrogen) atoms. The van der Waals surface area contributed by atoms with Gasteiger partial charge in [-0.2, -0.15) is 0 Å². The summed E-state index contributed by atoms with van der Waals surface area (Å²) in [4.78, 5) is 26.7. The number of aryl methyl sites for hydroxylation is 2. The minimum Gasteiger partial charge on any atom is -0.395 e. The molecule has 1 saturated heterocycles. The number of rotatable bonds is 7. The van der Waals surface area contributed by atoms with Gasteiger partial charge in [0.15, 0.2) is 5.13 Å². The van der Waals surface area contributed by atoms with Crippen LogP contribution in [0.25, 0.3) is 0 Å². The predicted octanol–water partition coefficient (Wildman–Crippen LogP) is 3.98. The van der Waals surface area contributed by atoms with Gasteiger partial charge in [0.2, 0.25) is 0 Å². The van der Waals surface area contributed by atoms with Crippen molar-refractivity contribution in [1.29, 1.82) is 0 Å². The maximum Gasteiger partial charge on any atom is 0.267 e. The number of nitrogens with one attached hydrogen (secondary N) is 2. The first kappa shape index (κ1) is 22.9. The number of carbonyl (C=O) groups excluding carboxylic acids is 1. The van der Waals surface area contributed by atoms with Crippen molar-refractivity contribution in [2.24, 2.45) is 0 Å². The SMILES string of the molecule is Cc1cc(Nc2ncc(C(=O)Nc3c(C)csc3Cl)s2)cc(N2CCN(CCO)CC2)n1. The number of aliphatic hydroxyl groups excluding tert-OH is 1. The van der Waals surface area contributed by atoms with Crippen LogP contribution in [-0.2, 0) is 0 Å². The van der Waals surface area contributed by atoms with E-state index >= 15 is 0 Å². The third kappa shape index (κ3) is 5.38. The standard InChI is InChI=1S/C21H25ClN6O2S2/c1-13-12-31-19(22)18(13)26-20(30)16-11-23-21(32-16)25-15-9-14(2)24-17(10-15)28-5-3-27(4-6-28)7-8-29/h9-12,29H,3-8H2,1-2H3,(H,26,30)(H,23,24,25). The van der Waals surface area contributed by atoms with E-state index in [9.17, 15) is 4.79 Å². The minimum atomic E-state index is -0.230. The van der Waals surface area contributed by atoms with Crippen molar-refractivity contribution in [3.05, 3.63) is 44.2 Å². The first-order chi connectivity index (χ1) is 15.4. The molecule has 4 rings (SSSR count). The maximum absolute atomic E-state index is 12.6. The Morgan fingerprint density at radius 2 is 2.03 bits per heavy atom. The van der Waals surface area contributed by atoms with E-state index in [1.54, 1.807) is 6.20 Å². The average molecular weight is 493 g/mol. The second-order valence-electron chi connectivity index (χ2n) is 7.58. The number of piperazine rings is 1. The predicted molar refractivity (Wildman–Crippen MR) is 132 cm³/mol. The van der Waals surface area contributed by atoms with E-state index < -0.39 is 0 Å². The molecule has 4 heterocycles. The highest BCUT2D eigenvalue weighted by molar-refractivity contribution is 7.17. The lowest BCUT2D eigenvalue weighted by atomic mass is 10.2. The number of carbonyl (C=O) groups is 1. The van der Waals surface area contributed by atoms with Gasteiger partial charge >= 0.3 is 0 Å². The number of amides is 1. The molecule has 3 aromatic heterocycles. The summed E-state index contributed by atoms with van der Waals surface area (Å²) in [6.07, 6.45) is 1.56. The molecule has 0 bridgehead atoms. The Labute approximate surface area is 199 Å². The summed E-state index contributed by atoms with van der Waals surface area (Å²) < 4.78 is 0.565. The summed E-state index contributed by atoms with van der Waals surface area (Å²) in [5.41, 5.74) is 3.37. The number of pyridine rings is 1. The monoisotopic (exact) mass is 492 g/mol. The highest BCUT2D eigenvalue weighted by Gasteiger charge is 2.19. The number of hydrogen-bond acceptors (Lipinski definition) is 9. The molecular weight excluding hydrogens is 468 g/mol. The number of thiophene rings is 1.